The lowest BCUT2D eigenvalue weighted by Crippen LogP contribution is -2.47. The summed E-state index contributed by atoms with van der Waals surface area (Å²) in [7, 11) is -14.1. The van der Waals surface area contributed by atoms with Crippen LogP contribution in [0.1, 0.15) is 222 Å². The van der Waals surface area contributed by atoms with Crippen molar-refractivity contribution in [3.8, 4) is 22.7 Å². The minimum atomic E-state index is -3.69. The number of hydrogen-bond donors (Lipinski definition) is 0. The van der Waals surface area contributed by atoms with Crippen LogP contribution >= 0.6 is 0 Å². The highest BCUT2D eigenvalue weighted by molar-refractivity contribution is 7.93. The summed E-state index contributed by atoms with van der Waals surface area (Å²) in [5.41, 5.74) is 12.0. The first kappa shape index (κ1) is 101. The van der Waals surface area contributed by atoms with Crippen molar-refractivity contribution >= 4 is 86.8 Å². The van der Waals surface area contributed by atoms with E-state index in [4.69, 9.17) is 0 Å². The number of ketones is 4. The molecule has 9 heterocycles. The van der Waals surface area contributed by atoms with Gasteiger partial charge < -0.3 is 0 Å². The first-order chi connectivity index (χ1) is 70.9. The second-order valence-corrected chi connectivity index (χ2v) is 50.8. The third-order valence-electron chi connectivity index (χ3n) is 30.9. The summed E-state index contributed by atoms with van der Waals surface area (Å²) in [4.78, 5) is 78.6. The second-order valence-electron chi connectivity index (χ2n) is 41.6. The normalized spacial score (nSPS) is 21.9. The smallest absolute Gasteiger partial charge is 0.191 e. The van der Waals surface area contributed by atoms with Crippen LogP contribution in [0.2, 0.25) is 0 Å². The number of fused-ring (bicyclic) bond motifs is 8. The van der Waals surface area contributed by atoms with Gasteiger partial charge >= 0.3 is 0 Å². The van der Waals surface area contributed by atoms with E-state index in [9.17, 15) is 70.4 Å². The van der Waals surface area contributed by atoms with E-state index in [1.54, 1.807) is 196 Å². The zero-order chi connectivity index (χ0) is 104. The van der Waals surface area contributed by atoms with Gasteiger partial charge in [-0.3, -0.25) is 44.1 Å². The monoisotopic (exact) mass is 2070 g/mol. The minimum absolute atomic E-state index is 0.0747. The zero-order valence-corrected chi connectivity index (χ0v) is 85.5. The average Bonchev–Trinajstić information content (AvgIpc) is 1.10. The van der Waals surface area contributed by atoms with Gasteiger partial charge in [0.05, 0.1) is 134 Å². The molecule has 0 N–H and O–H groups in total. The fourth-order valence-electron chi connectivity index (χ4n) is 23.5. The number of benzene rings is 5. The Hall–Kier alpha value is -14.2. The van der Waals surface area contributed by atoms with Crippen LogP contribution in [-0.4, -0.2) is 153 Å². The van der Waals surface area contributed by atoms with Crippen LogP contribution in [0.25, 0.3) is 47.1 Å². The van der Waals surface area contributed by atoms with Crippen molar-refractivity contribution in [2.45, 2.75) is 199 Å². The van der Waals surface area contributed by atoms with Crippen molar-refractivity contribution in [3.05, 3.63) is 387 Å². The van der Waals surface area contributed by atoms with E-state index in [1.165, 1.54) is 73.1 Å². The lowest BCUT2D eigenvalue weighted by atomic mass is 9.61. The first-order valence-corrected chi connectivity index (χ1v) is 56.2. The highest BCUT2D eigenvalue weighted by Crippen LogP contribution is 2.58. The summed E-state index contributed by atoms with van der Waals surface area (Å²) in [5.74, 6) is -1.86. The number of carbonyl (C=O) groups is 4. The quantitative estimate of drug-likeness (QED) is 0.0505. The van der Waals surface area contributed by atoms with Crippen molar-refractivity contribution in [3.63, 3.8) is 0 Å². The van der Waals surface area contributed by atoms with E-state index >= 15 is 0 Å². The van der Waals surface area contributed by atoms with E-state index in [2.05, 4.69) is 45.3 Å². The van der Waals surface area contributed by atoms with Gasteiger partial charge in [0, 0.05) is 37.2 Å². The topological polar surface area (TPSA) is 341 Å². The third kappa shape index (κ3) is 19.4. The number of carbonyl (C=O) groups excluding carboxylic acids is 4. The van der Waals surface area contributed by atoms with Gasteiger partial charge in [-0.25, -0.2) is 70.0 Å². The molecule has 0 saturated heterocycles. The Morgan fingerprint density at radius 1 is 0.338 bits per heavy atom. The number of allylic oxidation sites excluding steroid dienone is 4. The van der Waals surface area contributed by atoms with Crippen LogP contribution < -0.4 is 0 Å². The van der Waals surface area contributed by atoms with Gasteiger partial charge in [0.2, 0.25) is 0 Å². The summed E-state index contributed by atoms with van der Waals surface area (Å²) >= 11 is 0. The number of halogens is 4. The third-order valence-corrected chi connectivity index (χ3v) is 40.7. The Kier molecular flexibility index (Phi) is 27.4. The molecule has 148 heavy (non-hydrogen) atoms. The van der Waals surface area contributed by atoms with Crippen LogP contribution in [0, 0.1) is 64.2 Å². The Morgan fingerprint density at radius 2 is 0.676 bits per heavy atom. The molecule has 8 atom stereocenters. The van der Waals surface area contributed by atoms with Gasteiger partial charge in [-0.1, -0.05) is 92.3 Å². The van der Waals surface area contributed by atoms with Crippen molar-refractivity contribution in [2.24, 2.45) is 27.1 Å². The molecule has 23 rings (SSSR count). The van der Waals surface area contributed by atoms with Crippen LogP contribution in [-0.2, 0) is 65.0 Å². The molecule has 5 fully saturated rings. The molecule has 0 spiro atoms. The van der Waals surface area contributed by atoms with Gasteiger partial charge in [-0.2, -0.15) is 20.4 Å². The molecule has 0 amide bonds. The van der Waals surface area contributed by atoms with Gasteiger partial charge in [0.25, 0.3) is 0 Å². The van der Waals surface area contributed by atoms with Crippen LogP contribution in [0.15, 0.2) is 294 Å². The van der Waals surface area contributed by atoms with Crippen molar-refractivity contribution in [1.29, 1.82) is 0 Å². The summed E-state index contributed by atoms with van der Waals surface area (Å²) in [6, 6.07) is 53.5. The SMILES string of the molecule is CC(C)(C)CS(=O)(=O)[C@H]1CCC2=Cc3c(cnn3-c3ccc(F)cc3)C[C@]2(C(=O)c2ccccn2)C1.Cc1ccc(C(=O)[C@]23Cc4cnn(-c5ccc(F)cc5)c4C=C2CC[C@@H](S(=O)(=O)c2ccccc2)C3)nc1.Cc1ccnc(C(=O)[C@]23Cc4cnn(-c5ccc(F)cc5)c4C=C2CC[C@H](S(=O)(=O)c2ccncc2)C3)c1.O=C(c1ccccn1)[C@]12Cc3cnn(-c4ccc(F)cc4)c3C=C1CC[C@H](S(=O)(=O)C1CCCC1)C2. The standard InChI is InChI=1S/C30H26FN3O3S.C29H25FN4O3S.C28H28FN3O3S.C28H30FN3O3S/c1-20-7-14-27(32-18-20)29(35)30-16-21-19-33-34(24-11-9-23(31)10-12-24)28(21)15-22(30)8-13-26(17-30)38(36,37)25-5-3-2-4-6-25;1-19-8-13-32-26(14-19)28(35)29-16-20-18-33-34(23-5-3-22(30)4-6-23)27(20)15-21(29)2-7-25(17-29)38(36,37)24-9-11-31-12-10-24;29-21-9-11-22(12-10-21)32-26-15-20-8-13-24(36(34,35)23-5-1-2-6-23)17-28(20,16-19(26)18-31-32)27(33)25-7-3-4-14-30-25;1-27(2,3)18-36(34,35)23-12-7-20-14-25-19(17-31-32(25)22-10-8-21(29)9-11-22)15-28(20,16-23)26(33)24-6-4-5-13-30-24/h2-7,9-12,14-15,18-19,26H,8,13,16-17H2,1H3;3-6,8-15,18,25H,2,7,16-17H2,1H3;3-4,7,9-12,14-15,18,23-24H,1-2,5-6,8,13,16-17H2;4-6,8-11,13-14,17,23H,7,12,15-16,18H2,1-3H3/t26-,30+;25-,29-;24-,28-;23-,28-/m1000/s1. The van der Waals surface area contributed by atoms with Crippen molar-refractivity contribution in [1.82, 2.24) is 64.0 Å². The molecular formula is C115H109F4N13O12S4. The maximum absolute atomic E-state index is 14.3. The fraction of sp³-hybridized carbons (Fsp3) is 0.313. The predicted octanol–water partition coefficient (Wildman–Crippen LogP) is 20.8. The van der Waals surface area contributed by atoms with E-state index in [0.29, 0.717) is 111 Å². The lowest BCUT2D eigenvalue weighted by Gasteiger charge is -2.44. The number of aryl methyl sites for hydroxylation is 2. The Morgan fingerprint density at radius 3 is 1.03 bits per heavy atom. The Balaban J connectivity index is 0.000000120. The van der Waals surface area contributed by atoms with Crippen molar-refractivity contribution < 1.29 is 70.4 Å². The predicted molar refractivity (Wildman–Crippen MR) is 554 cm³/mol. The molecule has 0 radical (unpaired) electrons. The number of pyridine rings is 5. The van der Waals surface area contributed by atoms with E-state index in [1.807, 2.05) is 71.1 Å². The minimum Gasteiger partial charge on any atom is -0.291 e. The average molecular weight is 2070 g/mol. The van der Waals surface area contributed by atoms with Gasteiger partial charge in [0.15, 0.2) is 62.5 Å². The number of hydrogen-bond acceptors (Lipinski definition) is 21. The van der Waals surface area contributed by atoms with Gasteiger partial charge in [0.1, 0.15) is 46.0 Å². The summed E-state index contributed by atoms with van der Waals surface area (Å²) in [6.07, 6.45) is 33.5. The van der Waals surface area contributed by atoms with Crippen LogP contribution in [0.5, 0.6) is 0 Å². The van der Waals surface area contributed by atoms with Gasteiger partial charge in [-0.05, 0) is 356 Å². The molecule has 33 heteroatoms. The van der Waals surface area contributed by atoms with E-state index in [-0.39, 0.29) is 98.3 Å². The molecule has 9 aliphatic carbocycles. The molecule has 0 unspecified atom stereocenters. The maximum atomic E-state index is 14.3. The summed E-state index contributed by atoms with van der Waals surface area (Å²) in [6.45, 7) is 9.57. The number of Topliss-reactive ketones (excluding diaryl/α,β-unsaturated/α-hetero) is 4. The second kappa shape index (κ2) is 40.1. The molecule has 758 valence electrons. The highest BCUT2D eigenvalue weighted by Gasteiger charge is 2.58. The number of nitrogens with zero attached hydrogens (tertiary/aromatic N) is 13. The van der Waals surface area contributed by atoms with Crippen LogP contribution in [0.3, 0.4) is 0 Å². The summed E-state index contributed by atoms with van der Waals surface area (Å²) < 4.78 is 170. The molecule has 9 aliphatic rings. The molecule has 25 nitrogen and oxygen atoms in total. The molecule has 0 bridgehead atoms. The molecule has 14 aromatic rings. The van der Waals surface area contributed by atoms with Crippen LogP contribution in [0.4, 0.5) is 17.6 Å². The first-order valence-electron chi connectivity index (χ1n) is 49.8. The molecule has 5 saturated carbocycles. The Labute approximate surface area is 856 Å². The largest absolute Gasteiger partial charge is 0.291 e. The molecule has 9 aromatic heterocycles. The molecule has 5 aromatic carbocycles. The van der Waals surface area contributed by atoms with Crippen molar-refractivity contribution in [2.75, 3.05) is 5.75 Å². The lowest BCUT2D eigenvalue weighted by molar-refractivity contribution is 0.0790. The maximum Gasteiger partial charge on any atom is 0.191 e. The highest BCUT2D eigenvalue weighted by atomic mass is 32.2. The molecular weight excluding hydrogens is 1960 g/mol. The summed E-state index contributed by atoms with van der Waals surface area (Å²) in [5, 5.41) is 15.3. The Bertz CT molecular complexity index is 8120. The fourth-order valence-corrected chi connectivity index (χ4v) is 32.1. The van der Waals surface area contributed by atoms with E-state index in [0.717, 1.165) is 116 Å². The number of aromatic nitrogens is 13. The number of rotatable bonds is 20. The zero-order valence-electron chi connectivity index (χ0n) is 82.2. The number of sulfone groups is 4. The van der Waals surface area contributed by atoms with E-state index < -0.39 is 82.0 Å². The molecule has 0 aliphatic heterocycles. The van der Waals surface area contributed by atoms with Gasteiger partial charge in [-0.15, -0.1) is 0 Å².